The van der Waals surface area contributed by atoms with Gasteiger partial charge in [0.2, 0.25) is 0 Å². The lowest BCUT2D eigenvalue weighted by Gasteiger charge is -2.04. The van der Waals surface area contributed by atoms with Crippen LogP contribution in [0.4, 0.5) is 0 Å². The number of benzene rings is 1. The Morgan fingerprint density at radius 2 is 2.25 bits per heavy atom. The molecule has 1 aromatic rings. The molecule has 2 N–H and O–H groups in total. The molecule has 1 aliphatic rings. The van der Waals surface area contributed by atoms with E-state index < -0.39 is 0 Å². The third-order valence-corrected chi connectivity index (χ3v) is 3.85. The van der Waals surface area contributed by atoms with Gasteiger partial charge in [0.05, 0.1) is 6.61 Å². The number of ether oxygens (including phenoxy) is 1. The second-order valence-corrected chi connectivity index (χ2v) is 5.27. The fourth-order valence-electron chi connectivity index (χ4n) is 1.87. The first-order chi connectivity index (χ1) is 7.90. The summed E-state index contributed by atoms with van der Waals surface area (Å²) >= 11 is 1.99. The lowest BCUT2D eigenvalue weighted by Crippen LogP contribution is -2.00. The van der Waals surface area contributed by atoms with E-state index in [1.165, 1.54) is 22.6 Å². The molecule has 0 bridgehead atoms. The molecule has 3 heteroatoms. The van der Waals surface area contributed by atoms with Gasteiger partial charge in [-0.2, -0.15) is 11.8 Å². The standard InChI is InChI=1S/C13H19NOS/c14-6-1-8-16-9-5-11-2-3-13-12(10-11)4-7-15-13/h2-3,10H,1,4-9,14H2. The summed E-state index contributed by atoms with van der Waals surface area (Å²) in [5.41, 5.74) is 8.27. The maximum Gasteiger partial charge on any atom is 0.122 e. The van der Waals surface area contributed by atoms with Gasteiger partial charge in [0.15, 0.2) is 0 Å². The zero-order valence-electron chi connectivity index (χ0n) is 9.58. The van der Waals surface area contributed by atoms with Crippen LogP contribution in [0.5, 0.6) is 5.75 Å². The van der Waals surface area contributed by atoms with Crippen LogP contribution in [0.1, 0.15) is 17.5 Å². The van der Waals surface area contributed by atoms with Gasteiger partial charge in [0, 0.05) is 6.42 Å². The molecule has 0 aliphatic carbocycles. The van der Waals surface area contributed by atoms with E-state index in [9.17, 15) is 0 Å². The monoisotopic (exact) mass is 237 g/mol. The van der Waals surface area contributed by atoms with E-state index in [0.717, 1.165) is 38.2 Å². The molecule has 0 saturated heterocycles. The zero-order chi connectivity index (χ0) is 11.2. The third kappa shape index (κ3) is 3.16. The quantitative estimate of drug-likeness (QED) is 0.771. The first-order valence-electron chi connectivity index (χ1n) is 5.92. The van der Waals surface area contributed by atoms with Crippen molar-refractivity contribution in [2.24, 2.45) is 5.73 Å². The highest BCUT2D eigenvalue weighted by atomic mass is 32.2. The van der Waals surface area contributed by atoms with Gasteiger partial charge >= 0.3 is 0 Å². The molecular formula is C13H19NOS. The van der Waals surface area contributed by atoms with Crippen molar-refractivity contribution in [3.8, 4) is 5.75 Å². The van der Waals surface area contributed by atoms with Crippen LogP contribution in [0.3, 0.4) is 0 Å². The van der Waals surface area contributed by atoms with Gasteiger partial charge < -0.3 is 10.5 Å². The summed E-state index contributed by atoms with van der Waals surface area (Å²) in [6.07, 6.45) is 3.36. The minimum absolute atomic E-state index is 0.809. The second-order valence-electron chi connectivity index (χ2n) is 4.05. The van der Waals surface area contributed by atoms with Gasteiger partial charge in [-0.05, 0) is 48.1 Å². The maximum atomic E-state index is 5.49. The highest BCUT2D eigenvalue weighted by Gasteiger charge is 2.11. The highest BCUT2D eigenvalue weighted by molar-refractivity contribution is 7.99. The molecule has 1 heterocycles. The number of nitrogens with two attached hydrogens (primary N) is 1. The van der Waals surface area contributed by atoms with Crippen molar-refractivity contribution in [1.82, 2.24) is 0 Å². The van der Waals surface area contributed by atoms with Crippen molar-refractivity contribution >= 4 is 11.8 Å². The number of aryl methyl sites for hydroxylation is 1. The van der Waals surface area contributed by atoms with Crippen LogP contribution in [0.25, 0.3) is 0 Å². The van der Waals surface area contributed by atoms with Crippen LogP contribution in [0.2, 0.25) is 0 Å². The van der Waals surface area contributed by atoms with Gasteiger partial charge in [-0.25, -0.2) is 0 Å². The molecule has 16 heavy (non-hydrogen) atoms. The molecule has 0 fully saturated rings. The van der Waals surface area contributed by atoms with Gasteiger partial charge in [-0.15, -0.1) is 0 Å². The molecule has 0 unspecified atom stereocenters. The molecule has 0 atom stereocenters. The SMILES string of the molecule is NCCCSCCc1ccc2c(c1)CCO2. The van der Waals surface area contributed by atoms with E-state index in [0.29, 0.717) is 0 Å². The number of thioether (sulfide) groups is 1. The maximum absolute atomic E-state index is 5.49. The van der Waals surface area contributed by atoms with Crippen molar-refractivity contribution in [2.75, 3.05) is 24.7 Å². The lowest BCUT2D eigenvalue weighted by atomic mass is 10.1. The Morgan fingerprint density at radius 1 is 1.31 bits per heavy atom. The molecule has 0 amide bonds. The second kappa shape index (κ2) is 6.16. The number of fused-ring (bicyclic) bond motifs is 1. The molecule has 0 spiro atoms. The smallest absolute Gasteiger partial charge is 0.122 e. The fraction of sp³-hybridized carbons (Fsp3) is 0.538. The van der Waals surface area contributed by atoms with Crippen molar-refractivity contribution in [3.63, 3.8) is 0 Å². The third-order valence-electron chi connectivity index (χ3n) is 2.78. The molecule has 88 valence electrons. The molecule has 0 radical (unpaired) electrons. The van der Waals surface area contributed by atoms with Crippen LogP contribution in [-0.2, 0) is 12.8 Å². The Morgan fingerprint density at radius 3 is 3.12 bits per heavy atom. The number of hydrogen-bond acceptors (Lipinski definition) is 3. The molecule has 0 saturated carbocycles. The van der Waals surface area contributed by atoms with Crippen molar-refractivity contribution in [1.29, 1.82) is 0 Å². The van der Waals surface area contributed by atoms with Crippen LogP contribution in [-0.4, -0.2) is 24.7 Å². The molecule has 1 aliphatic heterocycles. The Labute approximate surface area is 102 Å². The minimum atomic E-state index is 0.809. The van der Waals surface area contributed by atoms with Crippen LogP contribution >= 0.6 is 11.8 Å². The molecule has 2 nitrogen and oxygen atoms in total. The van der Waals surface area contributed by atoms with Crippen LogP contribution < -0.4 is 10.5 Å². The summed E-state index contributed by atoms with van der Waals surface area (Å²) in [5.74, 6) is 3.46. The zero-order valence-corrected chi connectivity index (χ0v) is 10.4. The normalized spacial score (nSPS) is 13.6. The Bertz CT molecular complexity index is 341. The molecule has 2 rings (SSSR count). The highest BCUT2D eigenvalue weighted by Crippen LogP contribution is 2.26. The minimum Gasteiger partial charge on any atom is -0.493 e. The largest absolute Gasteiger partial charge is 0.493 e. The lowest BCUT2D eigenvalue weighted by molar-refractivity contribution is 0.357. The van der Waals surface area contributed by atoms with E-state index in [1.807, 2.05) is 11.8 Å². The van der Waals surface area contributed by atoms with Crippen LogP contribution in [0, 0.1) is 0 Å². The molecule has 0 aromatic heterocycles. The van der Waals surface area contributed by atoms with Crippen molar-refractivity contribution in [2.45, 2.75) is 19.3 Å². The predicted octanol–water partition coefficient (Wildman–Crippen LogP) is 2.25. The van der Waals surface area contributed by atoms with Gasteiger partial charge in [0.1, 0.15) is 5.75 Å². The van der Waals surface area contributed by atoms with Crippen molar-refractivity contribution in [3.05, 3.63) is 29.3 Å². The van der Waals surface area contributed by atoms with Gasteiger partial charge in [-0.1, -0.05) is 12.1 Å². The average molecular weight is 237 g/mol. The topological polar surface area (TPSA) is 35.2 Å². The Hall–Kier alpha value is -0.670. The molecular weight excluding hydrogens is 218 g/mol. The fourth-order valence-corrected chi connectivity index (χ4v) is 2.83. The van der Waals surface area contributed by atoms with Crippen LogP contribution in [0.15, 0.2) is 18.2 Å². The Balaban J connectivity index is 1.77. The van der Waals surface area contributed by atoms with E-state index in [1.54, 1.807) is 0 Å². The number of rotatable bonds is 6. The molecule has 1 aromatic carbocycles. The summed E-state index contributed by atoms with van der Waals surface area (Å²) in [5, 5.41) is 0. The summed E-state index contributed by atoms with van der Waals surface area (Å²) in [6.45, 7) is 1.66. The summed E-state index contributed by atoms with van der Waals surface area (Å²) in [6, 6.07) is 6.60. The Kier molecular flexibility index (Phi) is 4.55. The van der Waals surface area contributed by atoms with E-state index in [2.05, 4.69) is 18.2 Å². The van der Waals surface area contributed by atoms with Gasteiger partial charge in [-0.3, -0.25) is 0 Å². The van der Waals surface area contributed by atoms with Crippen molar-refractivity contribution < 1.29 is 4.74 Å². The van der Waals surface area contributed by atoms with E-state index in [-0.39, 0.29) is 0 Å². The summed E-state index contributed by atoms with van der Waals surface area (Å²) in [7, 11) is 0. The van der Waals surface area contributed by atoms with E-state index >= 15 is 0 Å². The summed E-state index contributed by atoms with van der Waals surface area (Å²) in [4.78, 5) is 0. The number of hydrogen-bond donors (Lipinski definition) is 1. The predicted molar refractivity (Wildman–Crippen MR) is 70.3 cm³/mol. The van der Waals surface area contributed by atoms with E-state index in [4.69, 9.17) is 10.5 Å². The van der Waals surface area contributed by atoms with Gasteiger partial charge in [0.25, 0.3) is 0 Å². The summed E-state index contributed by atoms with van der Waals surface area (Å²) < 4.78 is 5.49. The average Bonchev–Trinajstić information content (AvgIpc) is 2.76. The first kappa shape index (κ1) is 11.8. The first-order valence-corrected chi connectivity index (χ1v) is 7.08.